The maximum atomic E-state index is 13.9. The van der Waals surface area contributed by atoms with Gasteiger partial charge in [0.05, 0.1) is 11.9 Å². The Kier molecular flexibility index (Phi) is 9.05. The maximum Gasteiger partial charge on any atom is 0.271 e. The van der Waals surface area contributed by atoms with Crippen molar-refractivity contribution >= 4 is 23.4 Å². The van der Waals surface area contributed by atoms with E-state index in [1.807, 2.05) is 0 Å². The van der Waals surface area contributed by atoms with E-state index in [2.05, 4.69) is 25.7 Å². The second kappa shape index (κ2) is 12.2. The molecule has 12 heteroatoms. The van der Waals surface area contributed by atoms with Crippen molar-refractivity contribution in [1.82, 2.24) is 25.9 Å². The minimum atomic E-state index is -1.02. The molecule has 1 aromatic carbocycles. The summed E-state index contributed by atoms with van der Waals surface area (Å²) in [5.41, 5.74) is 0.907. The van der Waals surface area contributed by atoms with Crippen LogP contribution >= 0.6 is 0 Å². The van der Waals surface area contributed by atoms with E-state index >= 15 is 0 Å². The highest BCUT2D eigenvalue weighted by Crippen LogP contribution is 2.18. The SMILES string of the molecule is O=C(CCCCCN1CCC(NC(=O)c2[nH]ncc2NC(=O)c2c(F)cccc2F)CC1)NO. The molecule has 1 aliphatic rings. The van der Waals surface area contributed by atoms with Gasteiger partial charge in [-0.25, -0.2) is 14.3 Å². The molecule has 0 aliphatic carbocycles. The van der Waals surface area contributed by atoms with Gasteiger partial charge in [-0.1, -0.05) is 12.5 Å². The van der Waals surface area contributed by atoms with Crippen LogP contribution in [0, 0.1) is 11.6 Å². The van der Waals surface area contributed by atoms with Gasteiger partial charge in [-0.2, -0.15) is 5.10 Å². The average molecular weight is 479 g/mol. The number of hydroxylamine groups is 1. The predicted molar refractivity (Wildman–Crippen MR) is 118 cm³/mol. The van der Waals surface area contributed by atoms with Gasteiger partial charge >= 0.3 is 0 Å². The van der Waals surface area contributed by atoms with E-state index in [4.69, 9.17) is 5.21 Å². The van der Waals surface area contributed by atoms with Gasteiger partial charge in [0.15, 0.2) is 0 Å². The number of carbonyl (C=O) groups is 3. The molecule has 0 bridgehead atoms. The Morgan fingerprint density at radius 2 is 1.79 bits per heavy atom. The van der Waals surface area contributed by atoms with Crippen molar-refractivity contribution in [2.24, 2.45) is 0 Å². The van der Waals surface area contributed by atoms with Crippen molar-refractivity contribution in [3.05, 3.63) is 47.3 Å². The number of hydrogen-bond acceptors (Lipinski definition) is 6. The summed E-state index contributed by atoms with van der Waals surface area (Å²) in [6.07, 6.45) is 5.54. The molecule has 0 spiro atoms. The topological polar surface area (TPSA) is 139 Å². The molecular weight excluding hydrogens is 450 g/mol. The Morgan fingerprint density at radius 1 is 1.09 bits per heavy atom. The molecule has 2 aromatic rings. The highest BCUT2D eigenvalue weighted by atomic mass is 19.1. The number of halogens is 2. The third-order valence-corrected chi connectivity index (χ3v) is 5.73. The third-order valence-electron chi connectivity index (χ3n) is 5.73. The highest BCUT2D eigenvalue weighted by molar-refractivity contribution is 6.08. The molecule has 0 atom stereocenters. The number of benzene rings is 1. The van der Waals surface area contributed by atoms with Crippen molar-refractivity contribution in [1.29, 1.82) is 0 Å². The zero-order chi connectivity index (χ0) is 24.5. The number of piperidine rings is 1. The van der Waals surface area contributed by atoms with Gasteiger partial charge in [-0.15, -0.1) is 0 Å². The van der Waals surface area contributed by atoms with Crippen molar-refractivity contribution < 1.29 is 28.4 Å². The first-order chi connectivity index (χ1) is 16.4. The molecule has 34 heavy (non-hydrogen) atoms. The molecule has 0 unspecified atom stereocenters. The molecule has 5 N–H and O–H groups in total. The van der Waals surface area contributed by atoms with Crippen LogP contribution in [0.1, 0.15) is 59.4 Å². The van der Waals surface area contributed by atoms with Gasteiger partial charge in [0.1, 0.15) is 22.9 Å². The average Bonchev–Trinajstić information content (AvgIpc) is 3.27. The van der Waals surface area contributed by atoms with Crippen LogP contribution in [0.2, 0.25) is 0 Å². The van der Waals surface area contributed by atoms with Gasteiger partial charge in [-0.3, -0.25) is 24.7 Å². The lowest BCUT2D eigenvalue weighted by Crippen LogP contribution is -2.45. The van der Waals surface area contributed by atoms with E-state index in [1.165, 1.54) is 6.20 Å². The Labute approximate surface area is 195 Å². The monoisotopic (exact) mass is 478 g/mol. The Morgan fingerprint density at radius 3 is 2.47 bits per heavy atom. The quantitative estimate of drug-likeness (QED) is 0.202. The third kappa shape index (κ3) is 6.81. The van der Waals surface area contributed by atoms with Crippen LogP contribution in [0.4, 0.5) is 14.5 Å². The van der Waals surface area contributed by atoms with E-state index < -0.39 is 29.0 Å². The number of nitrogens with zero attached hydrogens (tertiary/aromatic N) is 2. The first-order valence-corrected chi connectivity index (χ1v) is 11.1. The zero-order valence-corrected chi connectivity index (χ0v) is 18.6. The number of H-pyrrole nitrogens is 1. The fraction of sp³-hybridized carbons (Fsp3) is 0.455. The Hall–Kier alpha value is -3.38. The van der Waals surface area contributed by atoms with Crippen molar-refractivity contribution in [2.45, 2.75) is 44.6 Å². The molecule has 3 amide bonds. The smallest absolute Gasteiger partial charge is 0.271 e. The summed E-state index contributed by atoms with van der Waals surface area (Å²) < 4.78 is 27.7. The number of aromatic amines is 1. The number of rotatable bonds is 10. The van der Waals surface area contributed by atoms with Crippen LogP contribution in [0.3, 0.4) is 0 Å². The van der Waals surface area contributed by atoms with Crippen LogP contribution in [0.25, 0.3) is 0 Å². The molecule has 1 saturated heterocycles. The van der Waals surface area contributed by atoms with E-state index in [-0.39, 0.29) is 23.3 Å². The molecule has 2 heterocycles. The van der Waals surface area contributed by atoms with Crippen molar-refractivity contribution in [3.8, 4) is 0 Å². The minimum Gasteiger partial charge on any atom is -0.348 e. The normalized spacial score (nSPS) is 14.6. The molecular formula is C22H28F2N6O4. The van der Waals surface area contributed by atoms with Gasteiger partial charge in [0.2, 0.25) is 5.91 Å². The summed E-state index contributed by atoms with van der Waals surface area (Å²) in [6, 6.07) is 3.04. The van der Waals surface area contributed by atoms with Crippen molar-refractivity contribution in [2.75, 3.05) is 25.0 Å². The number of anilines is 1. The van der Waals surface area contributed by atoms with Crippen LogP contribution in [0.5, 0.6) is 0 Å². The second-order valence-electron chi connectivity index (χ2n) is 8.14. The highest BCUT2D eigenvalue weighted by Gasteiger charge is 2.24. The predicted octanol–water partition coefficient (Wildman–Crippen LogP) is 2.20. The van der Waals surface area contributed by atoms with E-state index in [0.29, 0.717) is 12.8 Å². The molecule has 1 aromatic heterocycles. The second-order valence-corrected chi connectivity index (χ2v) is 8.14. The summed E-state index contributed by atoms with van der Waals surface area (Å²) in [4.78, 5) is 38.3. The van der Waals surface area contributed by atoms with Crippen LogP contribution in [-0.4, -0.2) is 63.7 Å². The first kappa shape index (κ1) is 25.2. The molecule has 0 saturated carbocycles. The van der Waals surface area contributed by atoms with E-state index in [9.17, 15) is 23.2 Å². The summed E-state index contributed by atoms with van der Waals surface area (Å²) in [7, 11) is 0. The number of likely N-dealkylation sites (tertiary alicyclic amines) is 1. The lowest BCUT2D eigenvalue weighted by molar-refractivity contribution is -0.129. The molecule has 0 radical (unpaired) electrons. The summed E-state index contributed by atoms with van der Waals surface area (Å²) in [5, 5.41) is 20.0. The number of aromatic nitrogens is 2. The zero-order valence-electron chi connectivity index (χ0n) is 18.6. The molecule has 1 fully saturated rings. The fourth-order valence-electron chi connectivity index (χ4n) is 3.87. The number of nitrogens with one attached hydrogen (secondary N) is 4. The fourth-order valence-corrected chi connectivity index (χ4v) is 3.87. The number of carbonyl (C=O) groups excluding carboxylic acids is 3. The van der Waals surface area contributed by atoms with Gasteiger partial charge in [-0.05, 0) is 44.4 Å². The van der Waals surface area contributed by atoms with Gasteiger partial charge in [0, 0.05) is 25.6 Å². The first-order valence-electron chi connectivity index (χ1n) is 11.1. The summed E-state index contributed by atoms with van der Waals surface area (Å²) in [6.45, 7) is 2.51. The summed E-state index contributed by atoms with van der Waals surface area (Å²) >= 11 is 0. The molecule has 3 rings (SSSR count). The lowest BCUT2D eigenvalue weighted by atomic mass is 10.0. The Bertz CT molecular complexity index is 987. The number of unbranched alkanes of at least 4 members (excludes halogenated alkanes) is 2. The summed E-state index contributed by atoms with van der Waals surface area (Å²) in [5.74, 6) is -3.88. The number of amides is 3. The minimum absolute atomic E-state index is 0.000516. The molecule has 184 valence electrons. The Balaban J connectivity index is 1.45. The largest absolute Gasteiger partial charge is 0.348 e. The van der Waals surface area contributed by atoms with E-state index in [0.717, 1.165) is 63.5 Å². The van der Waals surface area contributed by atoms with E-state index in [1.54, 1.807) is 5.48 Å². The number of hydrogen-bond donors (Lipinski definition) is 5. The van der Waals surface area contributed by atoms with Crippen LogP contribution in [0.15, 0.2) is 24.4 Å². The van der Waals surface area contributed by atoms with Crippen LogP contribution in [-0.2, 0) is 4.79 Å². The van der Waals surface area contributed by atoms with Crippen LogP contribution < -0.4 is 16.1 Å². The van der Waals surface area contributed by atoms with Crippen molar-refractivity contribution in [3.63, 3.8) is 0 Å². The standard InChI is InChI=1S/C22H28F2N6O4/c23-15-5-4-6-16(24)19(15)21(32)27-17-13-25-28-20(17)22(33)26-14-8-11-30(12-9-14)10-3-1-2-7-18(31)29-34/h4-6,13-14,34H,1-3,7-12H2,(H,25,28)(H,26,33)(H,27,32)(H,29,31). The molecule has 1 aliphatic heterocycles. The van der Waals surface area contributed by atoms with Gasteiger partial charge < -0.3 is 15.5 Å². The molecule has 10 nitrogen and oxygen atoms in total. The maximum absolute atomic E-state index is 13.9. The lowest BCUT2D eigenvalue weighted by Gasteiger charge is -2.32. The van der Waals surface area contributed by atoms with Gasteiger partial charge in [0.25, 0.3) is 11.8 Å².